The van der Waals surface area contributed by atoms with Gasteiger partial charge in [-0.15, -0.1) is 0 Å². The quantitative estimate of drug-likeness (QED) is 0.700. The minimum atomic E-state index is -0.338. The van der Waals surface area contributed by atoms with Gasteiger partial charge in [0.2, 0.25) is 0 Å². The Morgan fingerprint density at radius 1 is 1.09 bits per heavy atom. The van der Waals surface area contributed by atoms with E-state index in [-0.39, 0.29) is 18.7 Å². The van der Waals surface area contributed by atoms with Crippen LogP contribution in [0.3, 0.4) is 0 Å². The first-order chi connectivity index (χ1) is 11.2. The molecule has 1 N–H and O–H groups in total. The van der Waals surface area contributed by atoms with Gasteiger partial charge in [-0.2, -0.15) is 0 Å². The molecule has 3 nitrogen and oxygen atoms in total. The number of hydrogen-bond acceptors (Lipinski definition) is 3. The second kappa shape index (κ2) is 7.13. The summed E-state index contributed by atoms with van der Waals surface area (Å²) in [5.41, 5.74) is 2.35. The lowest BCUT2D eigenvalue weighted by molar-refractivity contribution is 0.0472. The minimum Gasteiger partial charge on any atom is -0.457 e. The van der Waals surface area contributed by atoms with E-state index in [2.05, 4.69) is 11.8 Å². The Morgan fingerprint density at radius 3 is 2.43 bits per heavy atom. The molecule has 0 spiro atoms. The van der Waals surface area contributed by atoms with Gasteiger partial charge in [-0.25, -0.2) is 4.79 Å². The Kier molecular flexibility index (Phi) is 4.75. The predicted octanol–water partition coefficient (Wildman–Crippen LogP) is 3.17. The molecule has 0 aliphatic heterocycles. The minimum absolute atomic E-state index is 0.184. The number of carbonyl (C=O) groups excluding carboxylic acids is 1. The molecule has 2 aromatic carbocycles. The summed E-state index contributed by atoms with van der Waals surface area (Å²) in [7, 11) is 0. The molecule has 0 unspecified atom stereocenters. The SMILES string of the molecule is O=C(OCc1ccccc1)c1ccc(C#CC2CC(O)C2)cc1. The van der Waals surface area contributed by atoms with Crippen LogP contribution in [-0.4, -0.2) is 17.2 Å². The Balaban J connectivity index is 1.55. The number of rotatable bonds is 3. The van der Waals surface area contributed by atoms with Crippen LogP contribution >= 0.6 is 0 Å². The van der Waals surface area contributed by atoms with Gasteiger partial charge in [-0.05, 0) is 42.7 Å². The van der Waals surface area contributed by atoms with Crippen LogP contribution in [0, 0.1) is 17.8 Å². The van der Waals surface area contributed by atoms with Crippen molar-refractivity contribution < 1.29 is 14.6 Å². The zero-order valence-electron chi connectivity index (χ0n) is 12.7. The molecule has 1 aliphatic carbocycles. The topological polar surface area (TPSA) is 46.5 Å². The lowest BCUT2D eigenvalue weighted by Gasteiger charge is -2.26. The molecule has 3 heteroatoms. The van der Waals surface area contributed by atoms with Crippen molar-refractivity contribution in [1.29, 1.82) is 0 Å². The molecule has 0 atom stereocenters. The third kappa shape index (κ3) is 4.21. The Bertz CT molecular complexity index is 717. The number of carbonyl (C=O) groups is 1. The molecule has 1 aliphatic rings. The molecule has 23 heavy (non-hydrogen) atoms. The maximum absolute atomic E-state index is 12.0. The highest BCUT2D eigenvalue weighted by atomic mass is 16.5. The molecule has 0 saturated heterocycles. The van der Waals surface area contributed by atoms with E-state index < -0.39 is 0 Å². The highest BCUT2D eigenvalue weighted by molar-refractivity contribution is 5.89. The smallest absolute Gasteiger partial charge is 0.338 e. The normalized spacial score (nSPS) is 19.2. The summed E-state index contributed by atoms with van der Waals surface area (Å²) in [6, 6.07) is 16.7. The molecular weight excluding hydrogens is 288 g/mol. The van der Waals surface area contributed by atoms with Crippen molar-refractivity contribution in [2.24, 2.45) is 5.92 Å². The van der Waals surface area contributed by atoms with Crippen LogP contribution in [0.25, 0.3) is 0 Å². The second-order valence-electron chi connectivity index (χ2n) is 5.73. The number of ether oxygens (including phenoxy) is 1. The third-order valence-corrected chi connectivity index (χ3v) is 3.87. The fourth-order valence-electron chi connectivity index (χ4n) is 2.39. The molecule has 0 bridgehead atoms. The average Bonchev–Trinajstić information content (AvgIpc) is 2.57. The summed E-state index contributed by atoms with van der Waals surface area (Å²) in [4.78, 5) is 12.0. The lowest BCUT2D eigenvalue weighted by Crippen LogP contribution is -2.26. The summed E-state index contributed by atoms with van der Waals surface area (Å²) < 4.78 is 5.29. The third-order valence-electron chi connectivity index (χ3n) is 3.87. The van der Waals surface area contributed by atoms with E-state index in [4.69, 9.17) is 4.74 Å². The van der Waals surface area contributed by atoms with Crippen molar-refractivity contribution in [3.8, 4) is 11.8 Å². The summed E-state index contributed by atoms with van der Waals surface area (Å²) >= 11 is 0. The Hall–Kier alpha value is -2.57. The Labute approximate surface area is 135 Å². The van der Waals surface area contributed by atoms with Crippen LogP contribution in [0.2, 0.25) is 0 Å². The van der Waals surface area contributed by atoms with Crippen LogP contribution in [-0.2, 0) is 11.3 Å². The number of benzene rings is 2. The molecule has 2 aromatic rings. The Morgan fingerprint density at radius 2 is 1.78 bits per heavy atom. The lowest BCUT2D eigenvalue weighted by atomic mass is 9.83. The number of esters is 1. The van der Waals surface area contributed by atoms with Gasteiger partial charge in [0.25, 0.3) is 0 Å². The standard InChI is InChI=1S/C20H18O3/c21-19-12-17(13-19)7-6-15-8-10-18(11-9-15)20(22)23-14-16-4-2-1-3-5-16/h1-5,8-11,17,19,21H,12-14H2. The maximum atomic E-state index is 12.0. The van der Waals surface area contributed by atoms with E-state index in [1.54, 1.807) is 12.1 Å². The average molecular weight is 306 g/mol. The highest BCUT2D eigenvalue weighted by Crippen LogP contribution is 2.26. The van der Waals surface area contributed by atoms with Crippen molar-refractivity contribution in [3.05, 3.63) is 71.3 Å². The van der Waals surface area contributed by atoms with Crippen molar-refractivity contribution >= 4 is 5.97 Å². The van der Waals surface area contributed by atoms with Crippen molar-refractivity contribution in [3.63, 3.8) is 0 Å². The highest BCUT2D eigenvalue weighted by Gasteiger charge is 2.24. The summed E-state index contributed by atoms with van der Waals surface area (Å²) in [6.45, 7) is 0.269. The van der Waals surface area contributed by atoms with Crippen molar-refractivity contribution in [1.82, 2.24) is 0 Å². The molecule has 0 aromatic heterocycles. The van der Waals surface area contributed by atoms with Gasteiger partial charge >= 0.3 is 5.97 Å². The molecule has 3 rings (SSSR count). The summed E-state index contributed by atoms with van der Waals surface area (Å²) in [5.74, 6) is 6.17. The number of hydrogen-bond donors (Lipinski definition) is 1. The van der Waals surface area contributed by atoms with Gasteiger partial charge < -0.3 is 9.84 Å². The molecule has 1 saturated carbocycles. The van der Waals surface area contributed by atoms with E-state index in [1.807, 2.05) is 42.5 Å². The van der Waals surface area contributed by atoms with Gasteiger partial charge in [0.15, 0.2) is 0 Å². The molecule has 0 heterocycles. The largest absolute Gasteiger partial charge is 0.457 e. The van der Waals surface area contributed by atoms with Crippen LogP contribution in [0.5, 0.6) is 0 Å². The maximum Gasteiger partial charge on any atom is 0.338 e. The second-order valence-corrected chi connectivity index (χ2v) is 5.73. The van der Waals surface area contributed by atoms with Crippen LogP contribution < -0.4 is 0 Å². The van der Waals surface area contributed by atoms with Gasteiger partial charge in [-0.1, -0.05) is 42.2 Å². The monoisotopic (exact) mass is 306 g/mol. The molecule has 0 amide bonds. The molecule has 116 valence electrons. The fraction of sp³-hybridized carbons (Fsp3) is 0.250. The van der Waals surface area contributed by atoms with Crippen LogP contribution in [0.15, 0.2) is 54.6 Å². The fourth-order valence-corrected chi connectivity index (χ4v) is 2.39. The van der Waals surface area contributed by atoms with Crippen molar-refractivity contribution in [2.45, 2.75) is 25.6 Å². The molecule has 0 radical (unpaired) electrons. The predicted molar refractivity (Wildman–Crippen MR) is 87.6 cm³/mol. The van der Waals surface area contributed by atoms with E-state index in [0.717, 1.165) is 24.0 Å². The van der Waals surface area contributed by atoms with E-state index in [1.165, 1.54) is 0 Å². The van der Waals surface area contributed by atoms with Crippen molar-refractivity contribution in [2.75, 3.05) is 0 Å². The molecular formula is C20H18O3. The first-order valence-corrected chi connectivity index (χ1v) is 7.71. The van der Waals surface area contributed by atoms with Gasteiger partial charge in [0, 0.05) is 11.5 Å². The van der Waals surface area contributed by atoms with Gasteiger partial charge in [0.1, 0.15) is 6.61 Å². The van der Waals surface area contributed by atoms with Crippen LogP contribution in [0.4, 0.5) is 0 Å². The van der Waals surface area contributed by atoms with E-state index >= 15 is 0 Å². The first-order valence-electron chi connectivity index (χ1n) is 7.71. The zero-order valence-corrected chi connectivity index (χ0v) is 12.7. The zero-order chi connectivity index (χ0) is 16.1. The van der Waals surface area contributed by atoms with Gasteiger partial charge in [-0.3, -0.25) is 0 Å². The van der Waals surface area contributed by atoms with E-state index in [9.17, 15) is 9.90 Å². The number of aliphatic hydroxyl groups excluding tert-OH is 1. The summed E-state index contributed by atoms with van der Waals surface area (Å²) in [6.07, 6.45) is 1.34. The van der Waals surface area contributed by atoms with E-state index in [0.29, 0.717) is 11.5 Å². The van der Waals surface area contributed by atoms with Gasteiger partial charge in [0.05, 0.1) is 11.7 Å². The number of aliphatic hydroxyl groups is 1. The summed E-state index contributed by atoms with van der Waals surface area (Å²) in [5, 5.41) is 9.23. The van der Waals surface area contributed by atoms with Crippen LogP contribution in [0.1, 0.15) is 34.3 Å². The molecule has 1 fully saturated rings. The first kappa shape index (κ1) is 15.3.